The van der Waals surface area contributed by atoms with E-state index < -0.39 is 9.84 Å². The maximum Gasteiger partial charge on any atom is 0.224 e. The molecular weight excluding hydrogens is 352 g/mol. The maximum absolute atomic E-state index is 12.7. The Bertz CT molecular complexity index is 874. The minimum atomic E-state index is -3.47. The van der Waals surface area contributed by atoms with E-state index in [0.717, 1.165) is 11.4 Å². The molecule has 1 N–H and O–H groups in total. The van der Waals surface area contributed by atoms with Crippen LogP contribution in [0, 0.1) is 6.92 Å². The molecule has 1 atom stereocenters. The van der Waals surface area contributed by atoms with Gasteiger partial charge >= 0.3 is 0 Å². The number of nitrogens with one attached hydrogen (secondary N) is 1. The largest absolute Gasteiger partial charge is 0.336 e. The van der Waals surface area contributed by atoms with Crippen molar-refractivity contribution in [2.75, 3.05) is 25.4 Å². The first kappa shape index (κ1) is 18.6. The molecule has 2 aromatic rings. The summed E-state index contributed by atoms with van der Waals surface area (Å²) in [5.41, 5.74) is 0.999. The second kappa shape index (κ2) is 7.59. The molecule has 1 saturated heterocycles. The van der Waals surface area contributed by atoms with Gasteiger partial charge in [0.25, 0.3) is 0 Å². The number of nitrogens with zero attached hydrogens (tertiary/aromatic N) is 3. The standard InChI is InChI=1S/C18H24N4O3S/c1-14-3-5-15(6-4-14)26(24,25)12-7-17(23)22-11-8-19-13-16(22)18-20-9-10-21(18)2/h3-6,9-10,16,19H,7-8,11-13H2,1-2H3. The van der Waals surface area contributed by atoms with Crippen LogP contribution < -0.4 is 5.32 Å². The number of piperazine rings is 1. The normalized spacial score (nSPS) is 18.1. The molecule has 0 spiro atoms. The fourth-order valence-electron chi connectivity index (χ4n) is 3.16. The summed E-state index contributed by atoms with van der Waals surface area (Å²) in [4.78, 5) is 19.1. The number of hydrogen-bond acceptors (Lipinski definition) is 5. The molecule has 0 radical (unpaired) electrons. The highest BCUT2D eigenvalue weighted by Crippen LogP contribution is 2.22. The lowest BCUT2D eigenvalue weighted by Crippen LogP contribution is -2.49. The van der Waals surface area contributed by atoms with Gasteiger partial charge in [-0.05, 0) is 19.1 Å². The van der Waals surface area contributed by atoms with Gasteiger partial charge in [0, 0.05) is 45.5 Å². The first-order valence-electron chi connectivity index (χ1n) is 8.65. The van der Waals surface area contributed by atoms with E-state index in [0.29, 0.717) is 19.6 Å². The van der Waals surface area contributed by atoms with Gasteiger partial charge in [0.05, 0.1) is 10.6 Å². The van der Waals surface area contributed by atoms with Gasteiger partial charge in [-0.15, -0.1) is 0 Å². The van der Waals surface area contributed by atoms with Crippen LogP contribution in [0.15, 0.2) is 41.6 Å². The third-order valence-electron chi connectivity index (χ3n) is 4.68. The predicted octanol–water partition coefficient (Wildman–Crippen LogP) is 1.07. The molecule has 140 valence electrons. The number of carbonyl (C=O) groups is 1. The van der Waals surface area contributed by atoms with Crippen molar-refractivity contribution in [1.82, 2.24) is 19.8 Å². The minimum Gasteiger partial charge on any atom is -0.336 e. The Morgan fingerprint density at radius 2 is 2.04 bits per heavy atom. The summed E-state index contributed by atoms with van der Waals surface area (Å²) < 4.78 is 26.9. The monoisotopic (exact) mass is 376 g/mol. The molecule has 1 aromatic heterocycles. The average Bonchev–Trinajstić information content (AvgIpc) is 3.06. The number of benzene rings is 1. The molecule has 1 amide bonds. The van der Waals surface area contributed by atoms with Crippen LogP contribution >= 0.6 is 0 Å². The van der Waals surface area contributed by atoms with Crippen molar-refractivity contribution < 1.29 is 13.2 Å². The average molecular weight is 376 g/mol. The number of aryl methyl sites for hydroxylation is 2. The van der Waals surface area contributed by atoms with E-state index in [2.05, 4.69) is 10.3 Å². The van der Waals surface area contributed by atoms with Gasteiger partial charge in [-0.25, -0.2) is 13.4 Å². The Hall–Kier alpha value is -2.19. The third-order valence-corrected chi connectivity index (χ3v) is 6.42. The van der Waals surface area contributed by atoms with Gasteiger partial charge < -0.3 is 14.8 Å². The quantitative estimate of drug-likeness (QED) is 0.844. The molecule has 1 aromatic carbocycles. The number of rotatable bonds is 5. The Balaban J connectivity index is 1.70. The van der Waals surface area contributed by atoms with Gasteiger partial charge in [-0.2, -0.15) is 0 Å². The van der Waals surface area contributed by atoms with E-state index in [4.69, 9.17) is 0 Å². The first-order valence-corrected chi connectivity index (χ1v) is 10.3. The molecule has 0 bridgehead atoms. The Morgan fingerprint density at radius 3 is 2.69 bits per heavy atom. The second-order valence-corrected chi connectivity index (χ2v) is 8.69. The molecule has 0 aliphatic carbocycles. The van der Waals surface area contributed by atoms with Crippen molar-refractivity contribution in [2.45, 2.75) is 24.3 Å². The summed E-state index contributed by atoms with van der Waals surface area (Å²) in [5.74, 6) is 0.452. The zero-order valence-electron chi connectivity index (χ0n) is 15.1. The van der Waals surface area contributed by atoms with E-state index in [1.807, 2.05) is 24.7 Å². The van der Waals surface area contributed by atoms with E-state index in [1.54, 1.807) is 35.4 Å². The van der Waals surface area contributed by atoms with Crippen molar-refractivity contribution in [3.05, 3.63) is 48.0 Å². The number of carbonyl (C=O) groups excluding carboxylic acids is 1. The Morgan fingerprint density at radius 1 is 1.31 bits per heavy atom. The summed E-state index contributed by atoms with van der Waals surface area (Å²) in [6, 6.07) is 6.54. The number of amides is 1. The fourth-order valence-corrected chi connectivity index (χ4v) is 4.39. The van der Waals surface area contributed by atoms with Gasteiger partial charge in [0.2, 0.25) is 5.91 Å². The molecular formula is C18H24N4O3S. The summed E-state index contributed by atoms with van der Waals surface area (Å²) in [7, 11) is -1.58. The van der Waals surface area contributed by atoms with Gasteiger partial charge in [-0.1, -0.05) is 17.7 Å². The SMILES string of the molecule is Cc1ccc(S(=O)(=O)CCC(=O)N2CCNCC2c2nccn2C)cc1. The van der Waals surface area contributed by atoms with Crippen LogP contribution in [0.5, 0.6) is 0 Å². The number of imidazole rings is 1. The molecule has 8 heteroatoms. The topological polar surface area (TPSA) is 84.3 Å². The van der Waals surface area contributed by atoms with Gasteiger partial charge in [0.1, 0.15) is 11.9 Å². The van der Waals surface area contributed by atoms with Gasteiger partial charge in [-0.3, -0.25) is 4.79 Å². The Labute approximate surface area is 154 Å². The van der Waals surface area contributed by atoms with Crippen LogP contribution in [0.2, 0.25) is 0 Å². The summed E-state index contributed by atoms with van der Waals surface area (Å²) in [6.07, 6.45) is 3.51. The van der Waals surface area contributed by atoms with Crippen LogP contribution in [0.1, 0.15) is 23.9 Å². The molecule has 1 aliphatic heterocycles. The third kappa shape index (κ3) is 3.96. The fraction of sp³-hybridized carbons (Fsp3) is 0.444. The van der Waals surface area contributed by atoms with E-state index in [9.17, 15) is 13.2 Å². The molecule has 7 nitrogen and oxygen atoms in total. The van der Waals surface area contributed by atoms with Crippen LogP contribution in [-0.4, -0.2) is 54.2 Å². The van der Waals surface area contributed by atoms with Gasteiger partial charge in [0.15, 0.2) is 9.84 Å². The zero-order valence-corrected chi connectivity index (χ0v) is 15.9. The lowest BCUT2D eigenvalue weighted by molar-refractivity contribution is -0.134. The number of aromatic nitrogens is 2. The minimum absolute atomic E-state index is 0.0306. The van der Waals surface area contributed by atoms with Crippen molar-refractivity contribution in [2.24, 2.45) is 7.05 Å². The molecule has 1 fully saturated rings. The summed E-state index contributed by atoms with van der Waals surface area (Å²) in [6.45, 7) is 3.75. The lowest BCUT2D eigenvalue weighted by atomic mass is 10.1. The van der Waals surface area contributed by atoms with Crippen molar-refractivity contribution in [3.63, 3.8) is 0 Å². The highest BCUT2D eigenvalue weighted by Gasteiger charge is 2.31. The molecule has 1 unspecified atom stereocenters. The summed E-state index contributed by atoms with van der Waals surface area (Å²) in [5, 5.41) is 3.27. The lowest BCUT2D eigenvalue weighted by Gasteiger charge is -2.35. The Kier molecular flexibility index (Phi) is 5.43. The van der Waals surface area contributed by atoms with Crippen LogP contribution in [0.3, 0.4) is 0 Å². The highest BCUT2D eigenvalue weighted by molar-refractivity contribution is 7.91. The van der Waals surface area contributed by atoms with E-state index in [-0.39, 0.29) is 29.0 Å². The van der Waals surface area contributed by atoms with E-state index >= 15 is 0 Å². The predicted molar refractivity (Wildman–Crippen MR) is 98.4 cm³/mol. The first-order chi connectivity index (χ1) is 12.4. The zero-order chi connectivity index (χ0) is 18.7. The summed E-state index contributed by atoms with van der Waals surface area (Å²) >= 11 is 0. The highest BCUT2D eigenvalue weighted by atomic mass is 32.2. The van der Waals surface area contributed by atoms with Crippen molar-refractivity contribution in [1.29, 1.82) is 0 Å². The molecule has 3 rings (SSSR count). The second-order valence-electron chi connectivity index (χ2n) is 6.59. The molecule has 2 heterocycles. The van der Waals surface area contributed by atoms with Crippen LogP contribution in [0.4, 0.5) is 0 Å². The smallest absolute Gasteiger partial charge is 0.224 e. The maximum atomic E-state index is 12.7. The van der Waals surface area contributed by atoms with Crippen LogP contribution in [0.25, 0.3) is 0 Å². The van der Waals surface area contributed by atoms with E-state index in [1.165, 1.54) is 0 Å². The number of hydrogen-bond donors (Lipinski definition) is 1. The number of sulfone groups is 1. The van der Waals surface area contributed by atoms with Crippen molar-refractivity contribution in [3.8, 4) is 0 Å². The van der Waals surface area contributed by atoms with Crippen LogP contribution in [-0.2, 0) is 21.7 Å². The molecule has 0 saturated carbocycles. The van der Waals surface area contributed by atoms with Crippen molar-refractivity contribution >= 4 is 15.7 Å². The molecule has 26 heavy (non-hydrogen) atoms. The molecule has 1 aliphatic rings.